The average Bonchev–Trinajstić information content (AvgIpc) is 3.44. The van der Waals surface area contributed by atoms with E-state index in [0.717, 1.165) is 37.2 Å². The van der Waals surface area contributed by atoms with Gasteiger partial charge >= 0.3 is 0 Å². The van der Waals surface area contributed by atoms with Crippen LogP contribution in [0, 0.1) is 0 Å². The van der Waals surface area contributed by atoms with Crippen LogP contribution in [0.25, 0.3) is 0 Å². The summed E-state index contributed by atoms with van der Waals surface area (Å²) in [7, 11) is 0. The first-order valence-electron chi connectivity index (χ1n) is 9.59. The highest BCUT2D eigenvalue weighted by Crippen LogP contribution is 2.27. The molecule has 0 bridgehead atoms. The molecule has 1 aliphatic carbocycles. The molecule has 1 atom stereocenters. The standard InChI is InChI=1S/C20H34N4O.HI/c1-4-21-20(22-12-13-24(16(2)3)19-10-11-19)23-14-18(15-25)17-8-6-5-7-9-17;/h5-9,16,18-19,25H,4,10-15H2,1-3H3,(H2,21,22,23);1H. The van der Waals surface area contributed by atoms with Crippen molar-refractivity contribution in [2.24, 2.45) is 4.99 Å². The maximum atomic E-state index is 9.68. The predicted molar refractivity (Wildman–Crippen MR) is 121 cm³/mol. The molecule has 1 aliphatic rings. The predicted octanol–water partition coefficient (Wildman–Crippen LogP) is 2.81. The number of hydrogen-bond donors (Lipinski definition) is 3. The van der Waals surface area contributed by atoms with Crippen LogP contribution in [0.4, 0.5) is 0 Å². The Bertz CT molecular complexity index is 518. The molecule has 0 saturated heterocycles. The average molecular weight is 474 g/mol. The van der Waals surface area contributed by atoms with Crippen LogP contribution in [-0.2, 0) is 0 Å². The van der Waals surface area contributed by atoms with Crippen LogP contribution < -0.4 is 10.6 Å². The summed E-state index contributed by atoms with van der Waals surface area (Å²) in [6.45, 7) is 10.0. The molecule has 1 aromatic rings. The van der Waals surface area contributed by atoms with Crippen LogP contribution in [0.15, 0.2) is 35.3 Å². The van der Waals surface area contributed by atoms with Crippen LogP contribution in [-0.4, -0.2) is 60.8 Å². The normalized spacial score (nSPS) is 15.7. The Morgan fingerprint density at radius 3 is 2.46 bits per heavy atom. The summed E-state index contributed by atoms with van der Waals surface area (Å²) in [5, 5.41) is 16.4. The van der Waals surface area contributed by atoms with E-state index >= 15 is 0 Å². The molecule has 1 fully saturated rings. The summed E-state index contributed by atoms with van der Waals surface area (Å²) in [4.78, 5) is 7.25. The third kappa shape index (κ3) is 7.80. The van der Waals surface area contributed by atoms with Crippen molar-refractivity contribution in [2.75, 3.05) is 32.8 Å². The third-order valence-corrected chi connectivity index (χ3v) is 4.65. The van der Waals surface area contributed by atoms with E-state index < -0.39 is 0 Å². The Balaban J connectivity index is 0.00000338. The number of benzene rings is 1. The summed E-state index contributed by atoms with van der Waals surface area (Å²) in [6.07, 6.45) is 2.67. The number of nitrogens with one attached hydrogen (secondary N) is 2. The summed E-state index contributed by atoms with van der Waals surface area (Å²) in [5.74, 6) is 0.867. The molecular weight excluding hydrogens is 439 g/mol. The van der Waals surface area contributed by atoms with Gasteiger partial charge in [0.1, 0.15) is 0 Å². The number of rotatable bonds is 10. The van der Waals surface area contributed by atoms with Crippen molar-refractivity contribution in [3.8, 4) is 0 Å². The molecule has 1 saturated carbocycles. The highest BCUT2D eigenvalue weighted by atomic mass is 127. The molecule has 2 rings (SSSR count). The lowest BCUT2D eigenvalue weighted by Crippen LogP contribution is -2.44. The Labute approximate surface area is 175 Å². The quantitative estimate of drug-likeness (QED) is 0.277. The van der Waals surface area contributed by atoms with Crippen molar-refractivity contribution in [2.45, 2.75) is 51.6 Å². The van der Waals surface area contributed by atoms with Crippen molar-refractivity contribution in [3.05, 3.63) is 35.9 Å². The Morgan fingerprint density at radius 1 is 1.23 bits per heavy atom. The van der Waals surface area contributed by atoms with Crippen LogP contribution in [0.2, 0.25) is 0 Å². The van der Waals surface area contributed by atoms with Gasteiger partial charge < -0.3 is 15.7 Å². The summed E-state index contributed by atoms with van der Waals surface area (Å²) < 4.78 is 0. The summed E-state index contributed by atoms with van der Waals surface area (Å²) in [5.41, 5.74) is 1.13. The maximum Gasteiger partial charge on any atom is 0.191 e. The van der Waals surface area contributed by atoms with Crippen molar-refractivity contribution in [3.63, 3.8) is 0 Å². The van der Waals surface area contributed by atoms with Gasteiger partial charge in [-0.2, -0.15) is 0 Å². The number of aliphatic hydroxyl groups is 1. The first-order chi connectivity index (χ1) is 12.2. The van der Waals surface area contributed by atoms with Crippen LogP contribution in [0.5, 0.6) is 0 Å². The lowest BCUT2D eigenvalue weighted by molar-refractivity contribution is 0.215. The zero-order valence-electron chi connectivity index (χ0n) is 16.3. The van der Waals surface area contributed by atoms with Gasteiger partial charge in [0.05, 0.1) is 13.2 Å². The molecular formula is C20H35IN4O. The molecule has 1 aromatic carbocycles. The number of halogens is 1. The highest BCUT2D eigenvalue weighted by molar-refractivity contribution is 14.0. The van der Waals surface area contributed by atoms with E-state index in [0.29, 0.717) is 12.6 Å². The molecule has 0 radical (unpaired) electrons. The molecule has 148 valence electrons. The topological polar surface area (TPSA) is 59.9 Å². The number of nitrogens with zero attached hydrogens (tertiary/aromatic N) is 2. The molecule has 0 spiro atoms. The van der Waals surface area contributed by atoms with E-state index in [1.165, 1.54) is 12.8 Å². The molecule has 0 aromatic heterocycles. The van der Waals surface area contributed by atoms with E-state index in [1.807, 2.05) is 30.3 Å². The number of aliphatic imine (C=N–C) groups is 1. The molecule has 3 N–H and O–H groups in total. The molecule has 1 unspecified atom stereocenters. The van der Waals surface area contributed by atoms with E-state index in [1.54, 1.807) is 0 Å². The van der Waals surface area contributed by atoms with Crippen LogP contribution in [0.3, 0.4) is 0 Å². The summed E-state index contributed by atoms with van der Waals surface area (Å²) >= 11 is 0. The third-order valence-electron chi connectivity index (χ3n) is 4.65. The van der Waals surface area contributed by atoms with E-state index in [4.69, 9.17) is 0 Å². The van der Waals surface area contributed by atoms with Gasteiger partial charge in [0.15, 0.2) is 5.96 Å². The van der Waals surface area contributed by atoms with Crippen LogP contribution >= 0.6 is 24.0 Å². The van der Waals surface area contributed by atoms with Gasteiger partial charge in [0, 0.05) is 37.6 Å². The minimum atomic E-state index is 0. The van der Waals surface area contributed by atoms with Crippen molar-refractivity contribution >= 4 is 29.9 Å². The lowest BCUT2D eigenvalue weighted by atomic mass is 10.0. The number of guanidine groups is 1. The first kappa shape index (κ1) is 23.2. The zero-order chi connectivity index (χ0) is 18.1. The molecule has 26 heavy (non-hydrogen) atoms. The van der Waals surface area contributed by atoms with Crippen molar-refractivity contribution < 1.29 is 5.11 Å². The van der Waals surface area contributed by atoms with Gasteiger partial charge in [-0.05, 0) is 39.2 Å². The Hall–Kier alpha value is -0.860. The number of aliphatic hydroxyl groups excluding tert-OH is 1. The maximum absolute atomic E-state index is 9.68. The molecule has 5 nitrogen and oxygen atoms in total. The van der Waals surface area contributed by atoms with E-state index in [-0.39, 0.29) is 36.5 Å². The SMILES string of the molecule is CCNC(=NCC(CO)c1ccccc1)NCCN(C(C)C)C1CC1.I. The minimum absolute atomic E-state index is 0. The van der Waals surface area contributed by atoms with Gasteiger partial charge in [-0.15, -0.1) is 24.0 Å². The fourth-order valence-electron chi connectivity index (χ4n) is 3.11. The van der Waals surface area contributed by atoms with E-state index in [2.05, 4.69) is 41.3 Å². The van der Waals surface area contributed by atoms with Crippen molar-refractivity contribution in [1.82, 2.24) is 15.5 Å². The smallest absolute Gasteiger partial charge is 0.191 e. The van der Waals surface area contributed by atoms with Gasteiger partial charge in [-0.3, -0.25) is 9.89 Å². The monoisotopic (exact) mass is 474 g/mol. The second kappa shape index (κ2) is 12.5. The number of hydrogen-bond acceptors (Lipinski definition) is 3. The van der Waals surface area contributed by atoms with Gasteiger partial charge in [0.2, 0.25) is 0 Å². The van der Waals surface area contributed by atoms with Crippen molar-refractivity contribution in [1.29, 1.82) is 0 Å². The van der Waals surface area contributed by atoms with Crippen LogP contribution in [0.1, 0.15) is 45.1 Å². The molecule has 6 heteroatoms. The van der Waals surface area contributed by atoms with E-state index in [9.17, 15) is 5.11 Å². The highest BCUT2D eigenvalue weighted by Gasteiger charge is 2.30. The fourth-order valence-corrected chi connectivity index (χ4v) is 3.11. The molecule has 0 amide bonds. The van der Waals surface area contributed by atoms with Gasteiger partial charge in [0.25, 0.3) is 0 Å². The Kier molecular flexibility index (Phi) is 11.2. The lowest BCUT2D eigenvalue weighted by Gasteiger charge is -2.26. The second-order valence-electron chi connectivity index (χ2n) is 7.00. The fraction of sp³-hybridized carbons (Fsp3) is 0.650. The molecule has 0 heterocycles. The second-order valence-corrected chi connectivity index (χ2v) is 7.00. The first-order valence-corrected chi connectivity index (χ1v) is 9.59. The molecule has 0 aliphatic heterocycles. The summed E-state index contributed by atoms with van der Waals surface area (Å²) in [6, 6.07) is 11.5. The van der Waals surface area contributed by atoms with Gasteiger partial charge in [-0.25, -0.2) is 0 Å². The van der Waals surface area contributed by atoms with Gasteiger partial charge in [-0.1, -0.05) is 30.3 Å². The Morgan fingerprint density at radius 2 is 1.92 bits per heavy atom. The minimum Gasteiger partial charge on any atom is -0.396 e. The largest absolute Gasteiger partial charge is 0.396 e. The zero-order valence-corrected chi connectivity index (χ0v) is 18.6.